The molecule has 5 heteroatoms. The van der Waals surface area contributed by atoms with Crippen molar-refractivity contribution in [3.8, 4) is 11.5 Å². The van der Waals surface area contributed by atoms with Gasteiger partial charge in [0.1, 0.15) is 12.3 Å². The average Bonchev–Trinajstić information content (AvgIpc) is 3.23. The molecule has 0 aliphatic heterocycles. The Hall–Kier alpha value is -3.08. The Morgan fingerprint density at radius 1 is 1.22 bits per heavy atom. The van der Waals surface area contributed by atoms with Gasteiger partial charge in [-0.25, -0.2) is 4.79 Å². The molecular formula is C18H15NO4. The molecule has 116 valence electrons. The van der Waals surface area contributed by atoms with Gasteiger partial charge in [0.2, 0.25) is 5.76 Å². The summed E-state index contributed by atoms with van der Waals surface area (Å²) in [6.45, 7) is 2.05. The van der Waals surface area contributed by atoms with Crippen LogP contribution in [0.25, 0.3) is 17.6 Å². The zero-order valence-corrected chi connectivity index (χ0v) is 12.6. The maximum atomic E-state index is 11.7. The summed E-state index contributed by atoms with van der Waals surface area (Å²) in [4.78, 5) is 11.7. The van der Waals surface area contributed by atoms with Crippen LogP contribution in [-0.4, -0.2) is 11.1 Å². The van der Waals surface area contributed by atoms with Crippen LogP contribution in [0.5, 0.6) is 0 Å². The number of hydrogen-bond donors (Lipinski definition) is 0. The molecule has 0 unspecified atom stereocenters. The van der Waals surface area contributed by atoms with E-state index in [-0.39, 0.29) is 6.61 Å². The predicted octanol–water partition coefficient (Wildman–Crippen LogP) is 4.00. The highest BCUT2D eigenvalue weighted by molar-refractivity contribution is 5.87. The first-order valence-corrected chi connectivity index (χ1v) is 7.12. The van der Waals surface area contributed by atoms with E-state index < -0.39 is 5.97 Å². The highest BCUT2D eigenvalue weighted by Crippen LogP contribution is 2.20. The lowest BCUT2D eigenvalue weighted by molar-refractivity contribution is -0.139. The first-order valence-electron chi connectivity index (χ1n) is 7.12. The number of hydrogen-bond acceptors (Lipinski definition) is 5. The number of carbonyl (C=O) groups is 1. The third kappa shape index (κ3) is 3.97. The second-order valence-corrected chi connectivity index (χ2v) is 5.01. The number of carbonyl (C=O) groups excluding carboxylic acids is 1. The summed E-state index contributed by atoms with van der Waals surface area (Å²) in [5.74, 6) is 0.638. The number of aryl methyl sites for hydroxylation is 1. The molecular weight excluding hydrogens is 294 g/mol. The van der Waals surface area contributed by atoms with Gasteiger partial charge < -0.3 is 13.7 Å². The lowest BCUT2D eigenvalue weighted by atomic mass is 10.1. The zero-order valence-electron chi connectivity index (χ0n) is 12.6. The van der Waals surface area contributed by atoms with Crippen molar-refractivity contribution in [1.29, 1.82) is 0 Å². The van der Waals surface area contributed by atoms with Gasteiger partial charge in [-0.1, -0.05) is 35.0 Å². The molecule has 3 aromatic rings. The number of esters is 1. The first-order chi connectivity index (χ1) is 11.2. The van der Waals surface area contributed by atoms with Crippen molar-refractivity contribution in [2.75, 3.05) is 0 Å². The van der Waals surface area contributed by atoms with E-state index in [9.17, 15) is 4.79 Å². The molecule has 0 radical (unpaired) electrons. The third-order valence-corrected chi connectivity index (χ3v) is 3.17. The second kappa shape index (κ2) is 6.79. The van der Waals surface area contributed by atoms with Crippen LogP contribution in [0.1, 0.15) is 16.8 Å². The summed E-state index contributed by atoms with van der Waals surface area (Å²) in [5, 5.41) is 3.84. The van der Waals surface area contributed by atoms with Crippen LogP contribution < -0.4 is 0 Å². The van der Waals surface area contributed by atoms with Gasteiger partial charge in [-0.2, -0.15) is 0 Å². The van der Waals surface area contributed by atoms with E-state index >= 15 is 0 Å². The molecule has 0 spiro atoms. The number of furan rings is 1. The van der Waals surface area contributed by atoms with Gasteiger partial charge in [0.15, 0.2) is 5.76 Å². The van der Waals surface area contributed by atoms with Gasteiger partial charge in [-0.3, -0.25) is 0 Å². The van der Waals surface area contributed by atoms with E-state index in [2.05, 4.69) is 5.16 Å². The summed E-state index contributed by atoms with van der Waals surface area (Å²) < 4.78 is 15.5. The van der Waals surface area contributed by atoms with Crippen molar-refractivity contribution in [3.63, 3.8) is 0 Å². The molecule has 3 rings (SSSR count). The van der Waals surface area contributed by atoms with Gasteiger partial charge in [-0.15, -0.1) is 0 Å². The van der Waals surface area contributed by atoms with E-state index in [0.29, 0.717) is 17.2 Å². The molecule has 0 aliphatic carbocycles. The molecule has 0 saturated heterocycles. The maximum absolute atomic E-state index is 11.7. The Morgan fingerprint density at radius 2 is 2.04 bits per heavy atom. The fraction of sp³-hybridized carbons (Fsp3) is 0.111. The lowest BCUT2D eigenvalue weighted by Gasteiger charge is -1.98. The van der Waals surface area contributed by atoms with Crippen LogP contribution >= 0.6 is 0 Å². The molecule has 5 nitrogen and oxygen atoms in total. The SMILES string of the molecule is Cc1ccc(/C=C/C(=O)OCc2cc(-c3ccco3)on2)cc1. The van der Waals surface area contributed by atoms with Gasteiger partial charge >= 0.3 is 5.97 Å². The number of nitrogens with zero attached hydrogens (tertiary/aromatic N) is 1. The monoisotopic (exact) mass is 309 g/mol. The minimum atomic E-state index is -0.437. The molecule has 2 aromatic heterocycles. The molecule has 0 N–H and O–H groups in total. The van der Waals surface area contributed by atoms with E-state index in [1.807, 2.05) is 31.2 Å². The number of benzene rings is 1. The van der Waals surface area contributed by atoms with Crippen molar-refractivity contribution in [1.82, 2.24) is 5.16 Å². The predicted molar refractivity (Wildman–Crippen MR) is 84.2 cm³/mol. The van der Waals surface area contributed by atoms with Crippen LogP contribution in [0.4, 0.5) is 0 Å². The molecule has 0 fully saturated rings. The van der Waals surface area contributed by atoms with Gasteiger partial charge in [0.25, 0.3) is 0 Å². The quantitative estimate of drug-likeness (QED) is 0.526. The van der Waals surface area contributed by atoms with Gasteiger partial charge in [-0.05, 0) is 30.7 Å². The molecule has 0 amide bonds. The van der Waals surface area contributed by atoms with E-state index in [1.165, 1.54) is 11.6 Å². The van der Waals surface area contributed by atoms with Crippen LogP contribution in [-0.2, 0) is 16.1 Å². The zero-order chi connectivity index (χ0) is 16.1. The Bertz CT molecular complexity index is 798. The van der Waals surface area contributed by atoms with Crippen molar-refractivity contribution in [3.05, 3.63) is 71.6 Å². The Labute approximate surface area is 133 Å². The van der Waals surface area contributed by atoms with Crippen LogP contribution in [0.2, 0.25) is 0 Å². The summed E-state index contributed by atoms with van der Waals surface area (Å²) in [5.41, 5.74) is 2.63. The molecule has 0 bridgehead atoms. The topological polar surface area (TPSA) is 65.5 Å². The molecule has 0 saturated carbocycles. The highest BCUT2D eigenvalue weighted by Gasteiger charge is 2.10. The summed E-state index contributed by atoms with van der Waals surface area (Å²) in [7, 11) is 0. The van der Waals surface area contributed by atoms with Crippen molar-refractivity contribution in [2.24, 2.45) is 0 Å². The smallest absolute Gasteiger partial charge is 0.331 e. The van der Waals surface area contributed by atoms with E-state index in [0.717, 1.165) is 5.56 Å². The van der Waals surface area contributed by atoms with Gasteiger partial charge in [0, 0.05) is 12.1 Å². The fourth-order valence-electron chi connectivity index (χ4n) is 1.95. The number of rotatable bonds is 5. The molecule has 0 atom stereocenters. The fourth-order valence-corrected chi connectivity index (χ4v) is 1.95. The van der Waals surface area contributed by atoms with Gasteiger partial charge in [0.05, 0.1) is 6.26 Å². The Balaban J connectivity index is 1.54. The maximum Gasteiger partial charge on any atom is 0.331 e. The van der Waals surface area contributed by atoms with Crippen LogP contribution in [0, 0.1) is 6.92 Å². The first kappa shape index (κ1) is 14.8. The standard InChI is InChI=1S/C18H15NO4/c1-13-4-6-14(7-5-13)8-9-18(20)22-12-15-11-17(23-19-15)16-3-2-10-21-16/h2-11H,12H2,1H3/b9-8+. The van der Waals surface area contributed by atoms with Crippen LogP contribution in [0.3, 0.4) is 0 Å². The van der Waals surface area contributed by atoms with E-state index in [4.69, 9.17) is 13.7 Å². The van der Waals surface area contributed by atoms with Crippen molar-refractivity contribution in [2.45, 2.75) is 13.5 Å². The summed E-state index contributed by atoms with van der Waals surface area (Å²) in [6, 6.07) is 13.0. The number of aromatic nitrogens is 1. The minimum Gasteiger partial charge on any atom is -0.461 e. The second-order valence-electron chi connectivity index (χ2n) is 5.01. The summed E-state index contributed by atoms with van der Waals surface area (Å²) in [6.07, 6.45) is 4.64. The van der Waals surface area contributed by atoms with E-state index in [1.54, 1.807) is 30.5 Å². The third-order valence-electron chi connectivity index (χ3n) is 3.17. The normalized spacial score (nSPS) is 11.0. The van der Waals surface area contributed by atoms with Crippen molar-refractivity contribution < 1.29 is 18.5 Å². The summed E-state index contributed by atoms with van der Waals surface area (Å²) >= 11 is 0. The molecule has 1 aromatic carbocycles. The largest absolute Gasteiger partial charge is 0.461 e. The lowest BCUT2D eigenvalue weighted by Crippen LogP contribution is -2.00. The molecule has 2 heterocycles. The average molecular weight is 309 g/mol. The Kier molecular flexibility index (Phi) is 4.38. The number of ether oxygens (including phenoxy) is 1. The van der Waals surface area contributed by atoms with Crippen LogP contribution in [0.15, 0.2) is 63.7 Å². The molecule has 0 aliphatic rings. The minimum absolute atomic E-state index is 0.0429. The van der Waals surface area contributed by atoms with Crippen molar-refractivity contribution >= 4 is 12.0 Å². The highest BCUT2D eigenvalue weighted by atomic mass is 16.5. The molecule has 23 heavy (non-hydrogen) atoms. The Morgan fingerprint density at radius 3 is 2.78 bits per heavy atom.